The minimum absolute atomic E-state index is 0.114. The number of hydrogen-bond acceptors (Lipinski definition) is 6. The third kappa shape index (κ3) is 8.22. The van der Waals surface area contributed by atoms with Gasteiger partial charge in [0.25, 0.3) is 0 Å². The van der Waals surface area contributed by atoms with Gasteiger partial charge in [0.05, 0.1) is 6.54 Å². The zero-order valence-electron chi connectivity index (χ0n) is 9.06. The molecule has 1 aliphatic heterocycles. The number of thioether (sulfide) groups is 1. The van der Waals surface area contributed by atoms with Crippen LogP contribution in [0.3, 0.4) is 0 Å². The van der Waals surface area contributed by atoms with Crippen LogP contribution in [-0.4, -0.2) is 46.5 Å². The van der Waals surface area contributed by atoms with Gasteiger partial charge in [0.1, 0.15) is 6.04 Å². The number of carbonyl (C=O) groups is 4. The lowest BCUT2D eigenvalue weighted by Gasteiger charge is -2.01. The van der Waals surface area contributed by atoms with Gasteiger partial charge in [-0.25, -0.2) is 4.79 Å². The summed E-state index contributed by atoms with van der Waals surface area (Å²) in [4.78, 5) is 40.4. The van der Waals surface area contributed by atoms with Gasteiger partial charge in [0.15, 0.2) is 5.12 Å². The monoisotopic (exact) mass is 263 g/mol. The lowest BCUT2D eigenvalue weighted by molar-refractivity contribution is -0.137. The zero-order chi connectivity index (χ0) is 13.4. The Bertz CT molecular complexity index is 319. The maximum Gasteiger partial charge on any atom is 0.321 e. The van der Waals surface area contributed by atoms with Gasteiger partial charge in [0, 0.05) is 12.7 Å². The Morgan fingerprint density at radius 1 is 1.53 bits per heavy atom. The van der Waals surface area contributed by atoms with E-state index in [4.69, 9.17) is 10.8 Å². The molecule has 0 spiro atoms. The minimum atomic E-state index is -1.08. The molecule has 96 valence electrons. The third-order valence-corrected chi connectivity index (χ3v) is 2.38. The van der Waals surface area contributed by atoms with E-state index in [9.17, 15) is 19.2 Å². The van der Waals surface area contributed by atoms with Crippen LogP contribution in [0.1, 0.15) is 6.92 Å². The average molecular weight is 263 g/mol. The van der Waals surface area contributed by atoms with Crippen LogP contribution in [-0.2, 0) is 14.4 Å². The second-order valence-electron chi connectivity index (χ2n) is 2.98. The first-order valence-corrected chi connectivity index (χ1v) is 5.51. The first-order valence-electron chi connectivity index (χ1n) is 4.52. The molecule has 1 heterocycles. The van der Waals surface area contributed by atoms with E-state index in [2.05, 4.69) is 5.32 Å². The van der Waals surface area contributed by atoms with Crippen LogP contribution in [0, 0.1) is 0 Å². The van der Waals surface area contributed by atoms with E-state index in [0.717, 1.165) is 11.8 Å². The van der Waals surface area contributed by atoms with Crippen molar-refractivity contribution in [2.75, 3.05) is 12.3 Å². The Kier molecular flexibility index (Phi) is 6.91. The van der Waals surface area contributed by atoms with Crippen LogP contribution in [0.2, 0.25) is 0 Å². The molecule has 1 atom stereocenters. The fourth-order valence-corrected chi connectivity index (χ4v) is 1.21. The van der Waals surface area contributed by atoms with E-state index in [1.165, 1.54) is 6.92 Å². The highest BCUT2D eigenvalue weighted by Gasteiger charge is 2.14. The molecule has 17 heavy (non-hydrogen) atoms. The Hall–Kier alpha value is -1.61. The Balaban J connectivity index is 0.000000318. The van der Waals surface area contributed by atoms with Gasteiger partial charge in [-0.1, -0.05) is 11.8 Å². The number of aliphatic carboxylic acids is 1. The number of carboxylic acid groups (broad SMARTS) is 1. The van der Waals surface area contributed by atoms with Crippen LogP contribution in [0.25, 0.3) is 0 Å². The van der Waals surface area contributed by atoms with Crippen molar-refractivity contribution in [3.8, 4) is 0 Å². The zero-order valence-corrected chi connectivity index (χ0v) is 9.87. The molecule has 1 saturated heterocycles. The van der Waals surface area contributed by atoms with Gasteiger partial charge in [-0.3, -0.25) is 19.7 Å². The normalized spacial score (nSPS) is 15.2. The first-order chi connectivity index (χ1) is 7.82. The van der Waals surface area contributed by atoms with Crippen LogP contribution < -0.4 is 16.4 Å². The number of hydrogen-bond donors (Lipinski definition) is 4. The smallest absolute Gasteiger partial charge is 0.321 e. The lowest BCUT2D eigenvalue weighted by atomic mass is 10.4. The maximum atomic E-state index is 10.3. The van der Waals surface area contributed by atoms with Crippen molar-refractivity contribution in [3.63, 3.8) is 0 Å². The van der Waals surface area contributed by atoms with Gasteiger partial charge in [-0.15, -0.1) is 0 Å². The van der Waals surface area contributed by atoms with Gasteiger partial charge < -0.3 is 16.2 Å². The Labute approximate surface area is 101 Å². The summed E-state index contributed by atoms with van der Waals surface area (Å²) >= 11 is 0.923. The number of nitrogens with two attached hydrogens (primary N) is 1. The fourth-order valence-electron chi connectivity index (χ4n) is 0.654. The largest absolute Gasteiger partial charge is 0.480 e. The molecule has 0 radical (unpaired) electrons. The van der Waals surface area contributed by atoms with E-state index in [0.29, 0.717) is 0 Å². The lowest BCUT2D eigenvalue weighted by Crippen LogP contribution is -2.32. The summed E-state index contributed by atoms with van der Waals surface area (Å²) in [5.41, 5.74) is 5.09. The van der Waals surface area contributed by atoms with Gasteiger partial charge in [0.2, 0.25) is 5.91 Å². The van der Waals surface area contributed by atoms with Crippen molar-refractivity contribution in [2.45, 2.75) is 13.0 Å². The van der Waals surface area contributed by atoms with Crippen LogP contribution in [0.5, 0.6) is 0 Å². The number of urea groups is 1. The second-order valence-corrected chi connectivity index (χ2v) is 4.18. The maximum absolute atomic E-state index is 10.3. The number of rotatable bonds is 3. The van der Waals surface area contributed by atoms with Crippen molar-refractivity contribution in [3.05, 3.63) is 0 Å². The van der Waals surface area contributed by atoms with Gasteiger partial charge >= 0.3 is 12.0 Å². The van der Waals surface area contributed by atoms with Crippen molar-refractivity contribution < 1.29 is 24.3 Å². The van der Waals surface area contributed by atoms with E-state index in [1.807, 2.05) is 5.32 Å². The van der Waals surface area contributed by atoms with Crippen molar-refractivity contribution in [2.24, 2.45) is 5.73 Å². The van der Waals surface area contributed by atoms with E-state index in [-0.39, 0.29) is 23.3 Å². The molecule has 1 aliphatic rings. The minimum Gasteiger partial charge on any atom is -0.480 e. The number of amides is 3. The molecule has 9 heteroatoms. The summed E-state index contributed by atoms with van der Waals surface area (Å²) in [6.07, 6.45) is 0. The van der Waals surface area contributed by atoms with Gasteiger partial charge in [-0.2, -0.15) is 0 Å². The average Bonchev–Trinajstić information content (AvgIpc) is 2.59. The molecule has 8 nitrogen and oxygen atoms in total. The number of carbonyl (C=O) groups excluding carboxylic acids is 3. The summed E-state index contributed by atoms with van der Waals surface area (Å²) < 4.78 is 0. The van der Waals surface area contributed by atoms with E-state index in [1.54, 1.807) is 0 Å². The Morgan fingerprint density at radius 3 is 2.35 bits per heavy atom. The molecule has 0 aromatic rings. The summed E-state index contributed by atoms with van der Waals surface area (Å²) in [5, 5.41) is 12.4. The number of imide groups is 1. The molecule has 0 aliphatic carbocycles. The highest BCUT2D eigenvalue weighted by molar-refractivity contribution is 8.13. The molecule has 5 N–H and O–H groups in total. The molecule has 0 unspecified atom stereocenters. The fraction of sp³-hybridized carbons (Fsp3) is 0.500. The molecule has 0 saturated carbocycles. The van der Waals surface area contributed by atoms with Crippen molar-refractivity contribution in [1.82, 2.24) is 10.6 Å². The molecule has 0 aromatic heterocycles. The molecule has 1 rings (SSSR count). The molecular formula is C8H13N3O5S. The second kappa shape index (κ2) is 7.63. The molecule has 0 aromatic carbocycles. The molecule has 3 amide bonds. The summed E-state index contributed by atoms with van der Waals surface area (Å²) in [7, 11) is 0. The highest BCUT2D eigenvalue weighted by Crippen LogP contribution is 2.01. The van der Waals surface area contributed by atoms with Crippen LogP contribution in [0.15, 0.2) is 0 Å². The number of carboxylic acids is 1. The third-order valence-electron chi connectivity index (χ3n) is 1.45. The first kappa shape index (κ1) is 15.4. The summed E-state index contributed by atoms with van der Waals surface area (Å²) in [6.45, 7) is 1.50. The topological polar surface area (TPSA) is 139 Å². The van der Waals surface area contributed by atoms with E-state index < -0.39 is 18.0 Å². The summed E-state index contributed by atoms with van der Waals surface area (Å²) in [5.74, 6) is -1.19. The SMILES string of the molecule is CC(=O)SC[C@H](N)C(=O)O.O=C1CNC(=O)N1. The highest BCUT2D eigenvalue weighted by atomic mass is 32.2. The van der Waals surface area contributed by atoms with Gasteiger partial charge in [-0.05, 0) is 0 Å². The molecule has 0 bridgehead atoms. The standard InChI is InChI=1S/C5H9NO3S.C3H4N2O2/c1-3(7)10-2-4(6)5(8)9;6-2-1-4-3(7)5-2/h4H,2,6H2,1H3,(H,8,9);1H2,(H2,4,5,6,7)/t4-;/m0./s1. The quantitative estimate of drug-likeness (QED) is 0.454. The van der Waals surface area contributed by atoms with Crippen molar-refractivity contribution >= 4 is 34.8 Å². The van der Waals surface area contributed by atoms with Crippen LogP contribution >= 0.6 is 11.8 Å². The summed E-state index contributed by atoms with van der Waals surface area (Å²) in [6, 6.07) is -1.33. The van der Waals surface area contributed by atoms with Crippen LogP contribution in [0.4, 0.5) is 4.79 Å². The molecule has 1 fully saturated rings. The van der Waals surface area contributed by atoms with E-state index >= 15 is 0 Å². The van der Waals surface area contributed by atoms with Crippen molar-refractivity contribution in [1.29, 1.82) is 0 Å². The number of nitrogens with one attached hydrogen (secondary N) is 2. The Morgan fingerprint density at radius 2 is 2.12 bits per heavy atom. The molecular weight excluding hydrogens is 250 g/mol. The predicted molar refractivity (Wildman–Crippen MR) is 60.3 cm³/mol. The predicted octanol–water partition coefficient (Wildman–Crippen LogP) is -1.50.